The predicted octanol–water partition coefficient (Wildman–Crippen LogP) is 4.39. The van der Waals surface area contributed by atoms with Crippen molar-refractivity contribution in [3.8, 4) is 11.8 Å². The summed E-state index contributed by atoms with van der Waals surface area (Å²) in [6.07, 6.45) is 7.75. The van der Waals surface area contributed by atoms with Gasteiger partial charge in [0.15, 0.2) is 5.78 Å². The zero-order valence-corrected chi connectivity index (χ0v) is 12.2. The van der Waals surface area contributed by atoms with Crippen molar-refractivity contribution < 1.29 is 9.21 Å². The maximum absolute atomic E-state index is 12.4. The molecule has 0 spiro atoms. The van der Waals surface area contributed by atoms with Gasteiger partial charge in [-0.15, -0.1) is 0 Å². The van der Waals surface area contributed by atoms with Crippen LogP contribution in [0.2, 0.25) is 0 Å². The summed E-state index contributed by atoms with van der Waals surface area (Å²) in [5, 5.41) is 0. The second kappa shape index (κ2) is 6.78. The third kappa shape index (κ3) is 3.45. The topological polar surface area (TPSA) is 30.2 Å². The van der Waals surface area contributed by atoms with Crippen LogP contribution in [0.4, 0.5) is 0 Å². The highest BCUT2D eigenvalue weighted by molar-refractivity contribution is 6.11. The first kappa shape index (κ1) is 14.2. The molecule has 0 N–H and O–H groups in total. The second-order valence-electron chi connectivity index (χ2n) is 5.17. The van der Waals surface area contributed by atoms with Gasteiger partial charge in [-0.3, -0.25) is 4.79 Å². The molecule has 3 rings (SSSR count). The molecule has 108 valence electrons. The molecule has 0 atom stereocenters. The third-order valence-electron chi connectivity index (χ3n) is 3.57. The first-order valence-corrected chi connectivity index (χ1v) is 7.37. The monoisotopic (exact) mass is 288 g/mol. The molecule has 0 bridgehead atoms. The Hall–Kier alpha value is -2.79. The van der Waals surface area contributed by atoms with Crippen LogP contribution in [-0.4, -0.2) is 5.78 Å². The van der Waals surface area contributed by atoms with Gasteiger partial charge in [-0.1, -0.05) is 30.0 Å². The minimum Gasteiger partial charge on any atom is -0.465 e. The molecule has 2 nitrogen and oxygen atoms in total. The molecule has 2 aromatic rings. The normalized spacial score (nSPS) is 18.3. The van der Waals surface area contributed by atoms with E-state index in [9.17, 15) is 4.79 Å². The van der Waals surface area contributed by atoms with Gasteiger partial charge in [0.2, 0.25) is 0 Å². The van der Waals surface area contributed by atoms with Gasteiger partial charge in [0.1, 0.15) is 5.76 Å². The van der Waals surface area contributed by atoms with Gasteiger partial charge >= 0.3 is 0 Å². The zero-order chi connectivity index (χ0) is 15.2. The Bertz CT molecular complexity index is 766. The molecule has 1 saturated carbocycles. The summed E-state index contributed by atoms with van der Waals surface area (Å²) >= 11 is 0. The molecule has 22 heavy (non-hydrogen) atoms. The van der Waals surface area contributed by atoms with E-state index in [1.54, 1.807) is 12.3 Å². The SMILES string of the molecule is O=C1/C(=C/C#Cc2ccccc2)CCC/C1=C\c1ccco1. The lowest BCUT2D eigenvalue weighted by Gasteiger charge is -2.15. The number of carbonyl (C=O) groups excluding carboxylic acids is 1. The highest BCUT2D eigenvalue weighted by Gasteiger charge is 2.20. The highest BCUT2D eigenvalue weighted by atomic mass is 16.3. The smallest absolute Gasteiger partial charge is 0.185 e. The lowest BCUT2D eigenvalue weighted by Crippen LogP contribution is -2.12. The van der Waals surface area contributed by atoms with Crippen LogP contribution in [0.1, 0.15) is 30.6 Å². The van der Waals surface area contributed by atoms with Crippen molar-refractivity contribution in [1.82, 2.24) is 0 Å². The van der Waals surface area contributed by atoms with Crippen molar-refractivity contribution in [2.45, 2.75) is 19.3 Å². The maximum Gasteiger partial charge on any atom is 0.185 e. The Balaban J connectivity index is 1.78. The van der Waals surface area contributed by atoms with Crippen molar-refractivity contribution >= 4 is 11.9 Å². The molecule has 1 aromatic heterocycles. The average molecular weight is 288 g/mol. The first-order valence-electron chi connectivity index (χ1n) is 7.37. The van der Waals surface area contributed by atoms with E-state index in [0.717, 1.165) is 41.7 Å². The van der Waals surface area contributed by atoms with Crippen LogP contribution in [0.5, 0.6) is 0 Å². The Morgan fingerprint density at radius 1 is 1.00 bits per heavy atom. The van der Waals surface area contributed by atoms with Gasteiger partial charge in [0.05, 0.1) is 6.26 Å². The van der Waals surface area contributed by atoms with Gasteiger partial charge in [-0.2, -0.15) is 0 Å². The number of hydrogen-bond acceptors (Lipinski definition) is 2. The molecule has 1 aliphatic rings. The van der Waals surface area contributed by atoms with Crippen LogP contribution in [0.3, 0.4) is 0 Å². The number of ketones is 1. The molecular formula is C20H16O2. The van der Waals surface area contributed by atoms with Crippen molar-refractivity contribution in [2.24, 2.45) is 0 Å². The Kier molecular flexibility index (Phi) is 4.36. The lowest BCUT2D eigenvalue weighted by molar-refractivity contribution is -0.112. The predicted molar refractivity (Wildman–Crippen MR) is 86.9 cm³/mol. The quantitative estimate of drug-likeness (QED) is 0.575. The van der Waals surface area contributed by atoms with Crippen molar-refractivity contribution in [1.29, 1.82) is 0 Å². The summed E-state index contributed by atoms with van der Waals surface area (Å²) in [5.74, 6) is 6.86. The summed E-state index contributed by atoms with van der Waals surface area (Å²) < 4.78 is 5.28. The number of rotatable bonds is 1. The Labute approximate surface area is 130 Å². The van der Waals surface area contributed by atoms with E-state index in [0.29, 0.717) is 0 Å². The largest absolute Gasteiger partial charge is 0.465 e. The molecular weight excluding hydrogens is 272 g/mol. The number of carbonyl (C=O) groups is 1. The minimum absolute atomic E-state index is 0.0880. The molecule has 0 amide bonds. The fourth-order valence-electron chi connectivity index (χ4n) is 2.45. The van der Waals surface area contributed by atoms with E-state index in [1.165, 1.54) is 0 Å². The molecule has 1 aliphatic carbocycles. The van der Waals surface area contributed by atoms with Crippen LogP contribution in [0, 0.1) is 11.8 Å². The second-order valence-corrected chi connectivity index (χ2v) is 5.17. The molecule has 0 radical (unpaired) electrons. The summed E-state index contributed by atoms with van der Waals surface area (Å²) in [4.78, 5) is 12.4. The lowest BCUT2D eigenvalue weighted by atomic mass is 9.88. The van der Waals surface area contributed by atoms with E-state index in [4.69, 9.17) is 4.42 Å². The first-order chi connectivity index (χ1) is 10.8. The molecule has 1 fully saturated rings. The summed E-state index contributed by atoms with van der Waals surface area (Å²) in [5.41, 5.74) is 2.54. The Morgan fingerprint density at radius 3 is 2.59 bits per heavy atom. The van der Waals surface area contributed by atoms with Crippen LogP contribution in [0.25, 0.3) is 6.08 Å². The molecule has 0 aliphatic heterocycles. The van der Waals surface area contributed by atoms with E-state index in [1.807, 2.05) is 48.5 Å². The number of furan rings is 1. The molecule has 1 aromatic carbocycles. The number of Topliss-reactive ketones (excluding diaryl/α,β-unsaturated/α-hetero) is 1. The third-order valence-corrected chi connectivity index (χ3v) is 3.57. The minimum atomic E-state index is 0.0880. The van der Waals surface area contributed by atoms with E-state index < -0.39 is 0 Å². The average Bonchev–Trinajstić information content (AvgIpc) is 3.05. The van der Waals surface area contributed by atoms with Crippen LogP contribution in [0.15, 0.2) is 70.4 Å². The van der Waals surface area contributed by atoms with Crippen molar-refractivity contribution in [3.63, 3.8) is 0 Å². The van der Waals surface area contributed by atoms with Crippen molar-refractivity contribution in [2.75, 3.05) is 0 Å². The van der Waals surface area contributed by atoms with Gasteiger partial charge < -0.3 is 4.42 Å². The summed E-state index contributed by atoms with van der Waals surface area (Å²) in [7, 11) is 0. The van der Waals surface area contributed by atoms with Crippen LogP contribution < -0.4 is 0 Å². The van der Waals surface area contributed by atoms with Crippen LogP contribution in [-0.2, 0) is 4.79 Å². The summed E-state index contributed by atoms with van der Waals surface area (Å²) in [6.45, 7) is 0. The fourth-order valence-corrected chi connectivity index (χ4v) is 2.45. The number of hydrogen-bond donors (Lipinski definition) is 0. The van der Waals surface area contributed by atoms with E-state index in [2.05, 4.69) is 11.8 Å². The van der Waals surface area contributed by atoms with Gasteiger partial charge in [0, 0.05) is 16.7 Å². The maximum atomic E-state index is 12.4. The van der Waals surface area contributed by atoms with Gasteiger partial charge in [-0.05, 0) is 55.7 Å². The molecule has 1 heterocycles. The fraction of sp³-hybridized carbons (Fsp3) is 0.150. The van der Waals surface area contributed by atoms with Gasteiger partial charge in [-0.25, -0.2) is 0 Å². The molecule has 0 unspecified atom stereocenters. The van der Waals surface area contributed by atoms with Gasteiger partial charge in [0.25, 0.3) is 0 Å². The molecule has 0 saturated heterocycles. The zero-order valence-electron chi connectivity index (χ0n) is 12.2. The Morgan fingerprint density at radius 2 is 1.82 bits per heavy atom. The number of allylic oxidation sites excluding steroid dienone is 3. The van der Waals surface area contributed by atoms with Crippen molar-refractivity contribution in [3.05, 3.63) is 77.3 Å². The van der Waals surface area contributed by atoms with Crippen LogP contribution >= 0.6 is 0 Å². The highest BCUT2D eigenvalue weighted by Crippen LogP contribution is 2.26. The standard InChI is InChI=1S/C20H16O2/c21-20-17(10-4-9-16-7-2-1-3-8-16)11-5-12-18(20)15-19-13-6-14-22-19/h1-3,6-8,10,13-15H,5,11-12H2/b17-10+,18-15+. The molecule has 2 heteroatoms. The number of benzene rings is 1. The summed E-state index contributed by atoms with van der Waals surface area (Å²) in [6, 6.07) is 13.4. The van der Waals surface area contributed by atoms with E-state index >= 15 is 0 Å². The van der Waals surface area contributed by atoms with E-state index in [-0.39, 0.29) is 5.78 Å².